The van der Waals surface area contributed by atoms with Crippen molar-refractivity contribution in [2.24, 2.45) is 19.8 Å². The Balaban J connectivity index is 0.00000605. The fourth-order valence-electron chi connectivity index (χ4n) is 5.30. The molecular weight excluding hydrogens is 733 g/mol. The summed E-state index contributed by atoms with van der Waals surface area (Å²) >= 11 is 11.8. The number of benzene rings is 2. The van der Waals surface area contributed by atoms with Crippen molar-refractivity contribution >= 4 is 98.9 Å². The van der Waals surface area contributed by atoms with E-state index in [2.05, 4.69) is 31.2 Å². The number of amides is 4. The van der Waals surface area contributed by atoms with Crippen LogP contribution in [0.25, 0.3) is 11.0 Å². The van der Waals surface area contributed by atoms with Crippen LogP contribution in [0.4, 0.5) is 22.7 Å². The summed E-state index contributed by atoms with van der Waals surface area (Å²) in [5.74, 6) is -0.749. The van der Waals surface area contributed by atoms with Crippen LogP contribution >= 0.6 is 35.6 Å². The van der Waals surface area contributed by atoms with Gasteiger partial charge in [0.2, 0.25) is 0 Å². The molecular formula is C34H38Cl3N11O4. The number of nitrogens with one attached hydrogen (secondary N) is 6. The molecule has 0 atom stereocenters. The number of halogens is 3. The van der Waals surface area contributed by atoms with Gasteiger partial charge >= 0.3 is 0 Å². The van der Waals surface area contributed by atoms with E-state index in [1.54, 1.807) is 66.0 Å². The van der Waals surface area contributed by atoms with Crippen LogP contribution < -0.4 is 31.9 Å². The Hall–Kier alpha value is -5.51. The maximum absolute atomic E-state index is 13.1. The molecule has 0 saturated heterocycles. The van der Waals surface area contributed by atoms with E-state index in [1.165, 1.54) is 12.1 Å². The van der Waals surface area contributed by atoms with Crippen molar-refractivity contribution in [3.05, 3.63) is 89.8 Å². The molecule has 0 aliphatic carbocycles. The highest BCUT2D eigenvalue weighted by Gasteiger charge is 2.19. The minimum atomic E-state index is -0.532. The number of hydrogen-bond acceptors (Lipinski definition) is 7. The highest BCUT2D eigenvalue weighted by atomic mass is 35.5. The van der Waals surface area contributed by atoms with Gasteiger partial charge in [-0.1, -0.05) is 0 Å². The van der Waals surface area contributed by atoms with E-state index in [0.29, 0.717) is 64.2 Å². The number of carbonyl (C=O) groups is 4. The molecule has 2 aromatic carbocycles. The van der Waals surface area contributed by atoms with Crippen molar-refractivity contribution in [3.63, 3.8) is 0 Å². The SMILES string of the molecule is Cl.Cn1cc(NC(=O)c2cc(NC(=O)c3nc4cc(NC(=O)c5ccc(N(CCCl)CCCl)cc5)ccc4[nH]3)cn2C)cc1C(=O)NCCC(=N)N. The quantitative estimate of drug-likeness (QED) is 0.0451. The van der Waals surface area contributed by atoms with Crippen LogP contribution in [0.3, 0.4) is 0 Å². The van der Waals surface area contributed by atoms with Crippen molar-refractivity contribution < 1.29 is 19.2 Å². The van der Waals surface area contributed by atoms with Crippen LogP contribution in [0.5, 0.6) is 0 Å². The van der Waals surface area contributed by atoms with Gasteiger partial charge in [0.05, 0.1) is 28.2 Å². The minimum Gasteiger partial charge on any atom is -0.388 e. The summed E-state index contributed by atoms with van der Waals surface area (Å²) < 4.78 is 3.13. The lowest BCUT2D eigenvalue weighted by Crippen LogP contribution is -2.28. The van der Waals surface area contributed by atoms with Crippen molar-refractivity contribution in [1.82, 2.24) is 24.4 Å². The first kappa shape index (κ1) is 39.3. The average Bonchev–Trinajstić information content (AvgIpc) is 3.80. The van der Waals surface area contributed by atoms with Crippen molar-refractivity contribution in [1.29, 1.82) is 5.41 Å². The Labute approximate surface area is 315 Å². The Morgan fingerprint density at radius 2 is 1.38 bits per heavy atom. The predicted molar refractivity (Wildman–Crippen MR) is 207 cm³/mol. The third-order valence-electron chi connectivity index (χ3n) is 7.83. The van der Waals surface area contributed by atoms with Crippen molar-refractivity contribution in [2.45, 2.75) is 6.42 Å². The van der Waals surface area contributed by atoms with Crippen LogP contribution in [0.2, 0.25) is 0 Å². The summed E-state index contributed by atoms with van der Waals surface area (Å²) in [7, 11) is 3.33. The molecule has 0 bridgehead atoms. The molecule has 0 saturated carbocycles. The number of aryl methyl sites for hydroxylation is 2. The van der Waals surface area contributed by atoms with Crippen molar-refractivity contribution in [3.8, 4) is 0 Å². The lowest BCUT2D eigenvalue weighted by molar-refractivity contribution is 0.0944. The smallest absolute Gasteiger partial charge is 0.291 e. The Kier molecular flexibility index (Phi) is 13.3. The number of nitrogens with zero attached hydrogens (tertiary/aromatic N) is 4. The van der Waals surface area contributed by atoms with Gasteiger partial charge < -0.3 is 46.0 Å². The van der Waals surface area contributed by atoms with Crippen LogP contribution in [-0.2, 0) is 14.1 Å². The number of carbonyl (C=O) groups excluding carboxylic acids is 4. The third-order valence-corrected chi connectivity index (χ3v) is 8.17. The fourth-order valence-corrected chi connectivity index (χ4v) is 5.70. The summed E-state index contributed by atoms with van der Waals surface area (Å²) in [5.41, 5.74) is 9.59. The number of H-pyrrole nitrogens is 1. The molecule has 0 fully saturated rings. The van der Waals surface area contributed by atoms with E-state index in [1.807, 2.05) is 17.0 Å². The summed E-state index contributed by atoms with van der Waals surface area (Å²) in [6.07, 6.45) is 3.41. The minimum absolute atomic E-state index is 0. The van der Waals surface area contributed by atoms with Crippen LogP contribution in [0.1, 0.15) is 48.4 Å². The zero-order chi connectivity index (χ0) is 36.7. The molecule has 15 nitrogen and oxygen atoms in total. The molecule has 3 heterocycles. The number of anilines is 4. The van der Waals surface area contributed by atoms with E-state index in [9.17, 15) is 19.2 Å². The zero-order valence-electron chi connectivity index (χ0n) is 28.3. The summed E-state index contributed by atoms with van der Waals surface area (Å²) in [4.78, 5) is 61.1. The maximum Gasteiger partial charge on any atom is 0.291 e. The number of aromatic nitrogens is 4. The number of alkyl halides is 2. The fraction of sp³-hybridized carbons (Fsp3) is 0.235. The molecule has 274 valence electrons. The molecule has 0 aliphatic heterocycles. The molecule has 0 radical (unpaired) electrons. The van der Waals surface area contributed by atoms with Gasteiger partial charge in [-0.15, -0.1) is 35.6 Å². The molecule has 3 aromatic heterocycles. The van der Waals surface area contributed by atoms with Gasteiger partial charge in [0, 0.05) is 81.2 Å². The molecule has 52 heavy (non-hydrogen) atoms. The number of fused-ring (bicyclic) bond motifs is 1. The topological polar surface area (TPSA) is 208 Å². The average molecular weight is 771 g/mol. The number of rotatable bonds is 15. The van der Waals surface area contributed by atoms with Gasteiger partial charge in [0.25, 0.3) is 23.6 Å². The molecule has 0 unspecified atom stereocenters. The van der Waals surface area contributed by atoms with Gasteiger partial charge in [-0.25, -0.2) is 4.98 Å². The predicted octanol–water partition coefficient (Wildman–Crippen LogP) is 4.76. The van der Waals surface area contributed by atoms with Gasteiger partial charge in [-0.3, -0.25) is 24.6 Å². The van der Waals surface area contributed by atoms with Gasteiger partial charge in [0.15, 0.2) is 5.82 Å². The molecule has 5 aromatic rings. The number of amidine groups is 1. The van der Waals surface area contributed by atoms with E-state index in [0.717, 1.165) is 5.69 Å². The molecule has 0 aliphatic rings. The number of aromatic amines is 1. The normalized spacial score (nSPS) is 10.7. The second kappa shape index (κ2) is 17.6. The molecule has 5 rings (SSSR count). The Morgan fingerprint density at radius 3 is 1.98 bits per heavy atom. The first-order chi connectivity index (χ1) is 24.4. The summed E-state index contributed by atoms with van der Waals surface area (Å²) in [6, 6.07) is 15.3. The molecule has 0 spiro atoms. The van der Waals surface area contributed by atoms with Gasteiger partial charge in [-0.2, -0.15) is 0 Å². The third kappa shape index (κ3) is 9.63. The molecule has 18 heteroatoms. The lowest BCUT2D eigenvalue weighted by atomic mass is 10.1. The first-order valence-corrected chi connectivity index (χ1v) is 16.9. The van der Waals surface area contributed by atoms with Crippen LogP contribution in [-0.4, -0.2) is 80.0 Å². The van der Waals surface area contributed by atoms with E-state index in [-0.39, 0.29) is 54.5 Å². The zero-order valence-corrected chi connectivity index (χ0v) is 30.6. The second-order valence-corrected chi connectivity index (χ2v) is 12.3. The highest BCUT2D eigenvalue weighted by Crippen LogP contribution is 2.22. The second-order valence-electron chi connectivity index (χ2n) is 11.6. The first-order valence-electron chi connectivity index (χ1n) is 15.8. The van der Waals surface area contributed by atoms with Crippen LogP contribution in [0, 0.1) is 5.41 Å². The van der Waals surface area contributed by atoms with E-state index < -0.39 is 11.8 Å². The largest absolute Gasteiger partial charge is 0.388 e. The van der Waals surface area contributed by atoms with Crippen molar-refractivity contribution in [2.75, 3.05) is 52.2 Å². The molecule has 4 amide bonds. The summed E-state index contributed by atoms with van der Waals surface area (Å²) in [5, 5.41) is 18.3. The maximum atomic E-state index is 13.1. The number of hydrogen-bond donors (Lipinski definition) is 7. The molecule has 8 N–H and O–H groups in total. The lowest BCUT2D eigenvalue weighted by Gasteiger charge is -2.22. The van der Waals surface area contributed by atoms with E-state index >= 15 is 0 Å². The Morgan fingerprint density at radius 1 is 0.808 bits per heavy atom. The number of nitrogens with two attached hydrogens (primary N) is 1. The standard InChI is InChI=1S/C34H37Cl2N11O4.ClH/c1-45-18-22(16-27(45)32(49)39-12-9-29(37)38)41-33(50)28-17-23(19-46(28)2)42-34(51)30-43-25-8-5-21(15-26(25)44-30)40-31(48)20-3-6-24(7-4-20)47(13-10-35)14-11-36;/h3-8,15-19H,9-14H2,1-2H3,(H3,37,38)(H,39,49)(H,40,48)(H,41,50)(H,42,51)(H,43,44);1H. The van der Waals surface area contributed by atoms with Gasteiger partial charge in [0.1, 0.15) is 11.4 Å². The van der Waals surface area contributed by atoms with Gasteiger partial charge in [-0.05, 0) is 54.6 Å². The number of imidazole rings is 1. The van der Waals surface area contributed by atoms with E-state index in [4.69, 9.17) is 34.3 Å². The summed E-state index contributed by atoms with van der Waals surface area (Å²) in [6.45, 7) is 1.49. The Bertz CT molecular complexity index is 2080. The van der Waals surface area contributed by atoms with Crippen LogP contribution in [0.15, 0.2) is 67.0 Å². The monoisotopic (exact) mass is 769 g/mol. The highest BCUT2D eigenvalue weighted by molar-refractivity contribution is 6.18.